The molecule has 0 radical (unpaired) electrons. The van der Waals surface area contributed by atoms with Gasteiger partial charge in [-0.2, -0.15) is 4.31 Å². The smallest absolute Gasteiger partial charge is 0.207 e. The fourth-order valence-electron chi connectivity index (χ4n) is 2.52. The molecule has 1 unspecified atom stereocenters. The quantitative estimate of drug-likeness (QED) is 0.819. The predicted octanol–water partition coefficient (Wildman–Crippen LogP) is 3.71. The molecule has 1 atom stereocenters. The number of aryl methyl sites for hydroxylation is 1. The third kappa shape index (κ3) is 3.20. The number of sulfonamides is 1. The molecule has 2 rings (SSSR count). The fraction of sp³-hybridized carbons (Fsp3) is 0.571. The van der Waals surface area contributed by atoms with Gasteiger partial charge in [-0.3, -0.25) is 0 Å². The van der Waals surface area contributed by atoms with Crippen molar-refractivity contribution < 1.29 is 8.42 Å². The molecule has 0 spiro atoms. The fourth-order valence-corrected chi connectivity index (χ4v) is 4.55. The number of nitrogens with zero attached hydrogens (tertiary/aromatic N) is 1. The van der Waals surface area contributed by atoms with E-state index in [0.29, 0.717) is 11.4 Å². The summed E-state index contributed by atoms with van der Waals surface area (Å²) in [6.07, 6.45) is 4.15. The Labute approximate surface area is 124 Å². The molecule has 0 amide bonds. The van der Waals surface area contributed by atoms with Crippen LogP contribution in [-0.4, -0.2) is 25.3 Å². The molecule has 0 N–H and O–H groups in total. The average Bonchev–Trinajstić information content (AvgIpc) is 2.57. The average molecular weight is 346 g/mol. The highest BCUT2D eigenvalue weighted by atomic mass is 79.9. The van der Waals surface area contributed by atoms with E-state index >= 15 is 0 Å². The summed E-state index contributed by atoms with van der Waals surface area (Å²) >= 11 is 3.41. The van der Waals surface area contributed by atoms with E-state index in [0.717, 1.165) is 35.7 Å². The summed E-state index contributed by atoms with van der Waals surface area (Å²) in [6, 6.07) is 5.34. The first-order valence-corrected chi connectivity index (χ1v) is 8.94. The van der Waals surface area contributed by atoms with Gasteiger partial charge in [-0.05, 0) is 50.5 Å². The Balaban J connectivity index is 2.37. The molecule has 0 aliphatic carbocycles. The van der Waals surface area contributed by atoms with Gasteiger partial charge in [0.15, 0.2) is 0 Å². The van der Waals surface area contributed by atoms with Crippen LogP contribution in [0.15, 0.2) is 27.6 Å². The first-order chi connectivity index (χ1) is 8.93. The van der Waals surface area contributed by atoms with Crippen LogP contribution in [-0.2, 0) is 10.0 Å². The molecule has 1 saturated heterocycles. The van der Waals surface area contributed by atoms with Crippen LogP contribution in [0, 0.1) is 6.92 Å². The maximum absolute atomic E-state index is 12.7. The number of hydrogen-bond acceptors (Lipinski definition) is 2. The number of benzene rings is 1. The van der Waals surface area contributed by atoms with Crippen molar-refractivity contribution in [3.05, 3.63) is 28.2 Å². The van der Waals surface area contributed by atoms with Gasteiger partial charge in [0.25, 0.3) is 0 Å². The van der Waals surface area contributed by atoms with Gasteiger partial charge < -0.3 is 0 Å². The van der Waals surface area contributed by atoms with Crippen LogP contribution < -0.4 is 0 Å². The van der Waals surface area contributed by atoms with Crippen molar-refractivity contribution in [3.63, 3.8) is 0 Å². The minimum Gasteiger partial charge on any atom is -0.207 e. The van der Waals surface area contributed by atoms with Crippen molar-refractivity contribution >= 4 is 26.0 Å². The highest BCUT2D eigenvalue weighted by Gasteiger charge is 2.30. The maximum atomic E-state index is 12.7. The predicted molar refractivity (Wildman–Crippen MR) is 80.7 cm³/mol. The minimum atomic E-state index is -3.36. The number of hydrogen-bond donors (Lipinski definition) is 0. The van der Waals surface area contributed by atoms with Crippen LogP contribution in [0.25, 0.3) is 0 Å². The second kappa shape index (κ2) is 5.94. The van der Waals surface area contributed by atoms with E-state index in [4.69, 9.17) is 0 Å². The lowest BCUT2D eigenvalue weighted by Gasteiger charge is -2.26. The number of rotatable bonds is 2. The maximum Gasteiger partial charge on any atom is 0.243 e. The Kier molecular flexibility index (Phi) is 4.69. The third-order valence-electron chi connectivity index (χ3n) is 3.73. The first-order valence-electron chi connectivity index (χ1n) is 6.71. The van der Waals surface area contributed by atoms with Gasteiger partial charge in [-0.1, -0.05) is 28.8 Å². The van der Waals surface area contributed by atoms with Crippen LogP contribution >= 0.6 is 15.9 Å². The normalized spacial score (nSPS) is 22.2. The molecule has 3 nitrogen and oxygen atoms in total. The molecule has 1 heterocycles. The largest absolute Gasteiger partial charge is 0.243 e. The lowest BCUT2D eigenvalue weighted by atomic mass is 10.1. The second-order valence-electron chi connectivity index (χ2n) is 5.23. The summed E-state index contributed by atoms with van der Waals surface area (Å²) in [4.78, 5) is 0.405. The third-order valence-corrected chi connectivity index (χ3v) is 6.63. The van der Waals surface area contributed by atoms with Gasteiger partial charge in [0.2, 0.25) is 10.0 Å². The Hall–Kier alpha value is -0.390. The Morgan fingerprint density at radius 3 is 2.68 bits per heavy atom. The molecule has 1 aliphatic rings. The molecule has 1 aliphatic heterocycles. The number of halogens is 1. The van der Waals surface area contributed by atoms with Gasteiger partial charge in [0, 0.05) is 17.1 Å². The van der Waals surface area contributed by atoms with Gasteiger partial charge in [-0.15, -0.1) is 0 Å². The van der Waals surface area contributed by atoms with Crippen LogP contribution in [0.5, 0.6) is 0 Å². The Morgan fingerprint density at radius 1 is 1.26 bits per heavy atom. The van der Waals surface area contributed by atoms with Gasteiger partial charge in [0.05, 0.1) is 4.90 Å². The van der Waals surface area contributed by atoms with Crippen LogP contribution in [0.3, 0.4) is 0 Å². The molecule has 1 fully saturated rings. The molecule has 1 aromatic carbocycles. The van der Waals surface area contributed by atoms with E-state index in [-0.39, 0.29) is 6.04 Å². The zero-order chi connectivity index (χ0) is 14.0. The topological polar surface area (TPSA) is 37.4 Å². The van der Waals surface area contributed by atoms with Gasteiger partial charge in [-0.25, -0.2) is 8.42 Å². The van der Waals surface area contributed by atoms with Crippen LogP contribution in [0.4, 0.5) is 0 Å². The molecule has 0 bridgehead atoms. The van der Waals surface area contributed by atoms with Crippen molar-refractivity contribution in [1.29, 1.82) is 0 Å². The molecular formula is C14H20BrNO2S. The molecule has 0 aromatic heterocycles. The standard InChI is InChI=1S/C14H20BrNO2S/c1-11-10-13(7-8-14(11)15)19(17,18)16-9-5-3-4-6-12(16)2/h7-8,10,12H,3-6,9H2,1-2H3. The summed E-state index contributed by atoms with van der Waals surface area (Å²) in [6.45, 7) is 4.56. The van der Waals surface area contributed by atoms with Crippen LogP contribution in [0.1, 0.15) is 38.2 Å². The van der Waals surface area contributed by atoms with Gasteiger partial charge >= 0.3 is 0 Å². The lowest BCUT2D eigenvalue weighted by molar-refractivity contribution is 0.342. The van der Waals surface area contributed by atoms with Crippen LogP contribution in [0.2, 0.25) is 0 Å². The summed E-state index contributed by atoms with van der Waals surface area (Å²) in [7, 11) is -3.36. The van der Waals surface area contributed by atoms with E-state index in [9.17, 15) is 8.42 Å². The summed E-state index contributed by atoms with van der Waals surface area (Å²) in [5.74, 6) is 0. The van der Waals surface area contributed by atoms with E-state index in [1.54, 1.807) is 16.4 Å². The molecule has 0 saturated carbocycles. The molecular weight excluding hydrogens is 326 g/mol. The van der Waals surface area contributed by atoms with Crippen molar-refractivity contribution in [3.8, 4) is 0 Å². The molecule has 19 heavy (non-hydrogen) atoms. The Bertz CT molecular complexity index is 557. The summed E-state index contributed by atoms with van der Waals surface area (Å²) in [5.41, 5.74) is 0.948. The zero-order valence-electron chi connectivity index (χ0n) is 11.4. The first kappa shape index (κ1) is 15.0. The highest BCUT2D eigenvalue weighted by molar-refractivity contribution is 9.10. The highest BCUT2D eigenvalue weighted by Crippen LogP contribution is 2.27. The van der Waals surface area contributed by atoms with E-state index < -0.39 is 10.0 Å². The van der Waals surface area contributed by atoms with Crippen molar-refractivity contribution in [2.75, 3.05) is 6.54 Å². The van der Waals surface area contributed by atoms with E-state index in [2.05, 4.69) is 15.9 Å². The van der Waals surface area contributed by atoms with Crippen molar-refractivity contribution in [1.82, 2.24) is 4.31 Å². The minimum absolute atomic E-state index is 0.0939. The lowest BCUT2D eigenvalue weighted by Crippen LogP contribution is -2.38. The Morgan fingerprint density at radius 2 is 2.00 bits per heavy atom. The molecule has 1 aromatic rings. The van der Waals surface area contributed by atoms with Crippen molar-refractivity contribution in [2.24, 2.45) is 0 Å². The van der Waals surface area contributed by atoms with Gasteiger partial charge in [0.1, 0.15) is 0 Å². The molecule has 106 valence electrons. The van der Waals surface area contributed by atoms with Crippen molar-refractivity contribution in [2.45, 2.75) is 50.5 Å². The van der Waals surface area contributed by atoms with E-state index in [1.807, 2.05) is 19.9 Å². The summed E-state index contributed by atoms with van der Waals surface area (Å²) < 4.78 is 28.1. The monoisotopic (exact) mass is 345 g/mol. The SMILES string of the molecule is Cc1cc(S(=O)(=O)N2CCCCCC2C)ccc1Br. The van der Waals surface area contributed by atoms with E-state index in [1.165, 1.54) is 0 Å². The molecule has 5 heteroatoms. The zero-order valence-corrected chi connectivity index (χ0v) is 13.8. The summed E-state index contributed by atoms with van der Waals surface area (Å²) in [5, 5.41) is 0. The second-order valence-corrected chi connectivity index (χ2v) is 7.97.